The van der Waals surface area contributed by atoms with Crippen molar-refractivity contribution in [2.45, 2.75) is 56.0 Å². The van der Waals surface area contributed by atoms with E-state index < -0.39 is 0 Å². The molecule has 1 heterocycles. The molecule has 2 N–H and O–H groups in total. The SMILES string of the molecule is CCO[C@@H]1C[C@@H](O)C12CCN(C(=O)NCC1(SC)CC1)CC2. The lowest BCUT2D eigenvalue weighted by atomic mass is 9.58. The zero-order valence-electron chi connectivity index (χ0n) is 13.6. The number of rotatable bonds is 5. The van der Waals surface area contributed by atoms with Gasteiger partial charge < -0.3 is 20.1 Å². The summed E-state index contributed by atoms with van der Waals surface area (Å²) in [5.74, 6) is 0. The van der Waals surface area contributed by atoms with Crippen molar-refractivity contribution in [2.75, 3.05) is 32.5 Å². The Morgan fingerprint density at radius 3 is 2.55 bits per heavy atom. The van der Waals surface area contributed by atoms with Gasteiger partial charge in [-0.3, -0.25) is 0 Å². The number of likely N-dealkylation sites (tertiary alicyclic amines) is 1. The first-order chi connectivity index (χ1) is 10.6. The first kappa shape index (κ1) is 16.4. The van der Waals surface area contributed by atoms with E-state index in [2.05, 4.69) is 11.6 Å². The summed E-state index contributed by atoms with van der Waals surface area (Å²) in [5.41, 5.74) is -0.107. The van der Waals surface area contributed by atoms with E-state index in [0.717, 1.165) is 38.9 Å². The van der Waals surface area contributed by atoms with Crippen LogP contribution < -0.4 is 5.32 Å². The number of piperidine rings is 1. The van der Waals surface area contributed by atoms with E-state index in [1.54, 1.807) is 0 Å². The van der Waals surface area contributed by atoms with Crippen LogP contribution in [0.15, 0.2) is 0 Å². The normalized spacial score (nSPS) is 31.7. The first-order valence-electron chi connectivity index (χ1n) is 8.43. The highest BCUT2D eigenvalue weighted by Gasteiger charge is 2.56. The second-order valence-corrected chi connectivity index (χ2v) is 8.24. The molecule has 2 aliphatic carbocycles. The Labute approximate surface area is 137 Å². The molecule has 2 atom stereocenters. The summed E-state index contributed by atoms with van der Waals surface area (Å²) in [6.07, 6.45) is 6.88. The number of thioether (sulfide) groups is 1. The molecule has 22 heavy (non-hydrogen) atoms. The van der Waals surface area contributed by atoms with Crippen LogP contribution in [0.1, 0.15) is 39.0 Å². The lowest BCUT2D eigenvalue weighted by Gasteiger charge is -2.56. The summed E-state index contributed by atoms with van der Waals surface area (Å²) in [4.78, 5) is 14.2. The average Bonchev–Trinajstić information content (AvgIpc) is 3.33. The lowest BCUT2D eigenvalue weighted by Crippen LogP contribution is -2.63. The number of aliphatic hydroxyl groups excluding tert-OH is 1. The molecule has 5 nitrogen and oxygen atoms in total. The Morgan fingerprint density at radius 1 is 1.36 bits per heavy atom. The minimum atomic E-state index is -0.263. The zero-order valence-corrected chi connectivity index (χ0v) is 14.5. The molecule has 0 aromatic carbocycles. The maximum Gasteiger partial charge on any atom is 0.317 e. The second kappa shape index (κ2) is 6.21. The van der Waals surface area contributed by atoms with Crippen molar-refractivity contribution < 1.29 is 14.6 Å². The molecule has 2 saturated carbocycles. The van der Waals surface area contributed by atoms with Gasteiger partial charge in [0.2, 0.25) is 0 Å². The van der Waals surface area contributed by atoms with Crippen LogP contribution in [0.3, 0.4) is 0 Å². The molecule has 3 fully saturated rings. The molecule has 1 saturated heterocycles. The number of nitrogens with zero attached hydrogens (tertiary/aromatic N) is 1. The Bertz CT molecular complexity index is 418. The van der Waals surface area contributed by atoms with Crippen molar-refractivity contribution in [3.05, 3.63) is 0 Å². The fourth-order valence-corrected chi connectivity index (χ4v) is 4.61. The van der Waals surface area contributed by atoms with Crippen molar-refractivity contribution in [2.24, 2.45) is 5.41 Å². The fraction of sp³-hybridized carbons (Fsp3) is 0.938. The maximum atomic E-state index is 12.3. The van der Waals surface area contributed by atoms with Crippen LogP contribution in [0.5, 0.6) is 0 Å². The Balaban J connectivity index is 1.48. The lowest BCUT2D eigenvalue weighted by molar-refractivity contribution is -0.207. The monoisotopic (exact) mass is 328 g/mol. The van der Waals surface area contributed by atoms with Crippen molar-refractivity contribution >= 4 is 17.8 Å². The van der Waals surface area contributed by atoms with Crippen molar-refractivity contribution in [3.63, 3.8) is 0 Å². The van der Waals surface area contributed by atoms with Crippen molar-refractivity contribution in [1.82, 2.24) is 10.2 Å². The number of amides is 2. The van der Waals surface area contributed by atoms with Crippen LogP contribution in [0.25, 0.3) is 0 Å². The first-order valence-corrected chi connectivity index (χ1v) is 9.65. The van der Waals surface area contributed by atoms with Gasteiger partial charge in [-0.2, -0.15) is 11.8 Å². The minimum absolute atomic E-state index is 0.0527. The molecule has 126 valence electrons. The van der Waals surface area contributed by atoms with Gasteiger partial charge >= 0.3 is 6.03 Å². The van der Waals surface area contributed by atoms with E-state index in [1.807, 2.05) is 23.6 Å². The smallest absolute Gasteiger partial charge is 0.317 e. The van der Waals surface area contributed by atoms with E-state index in [9.17, 15) is 9.90 Å². The van der Waals surface area contributed by atoms with E-state index in [1.165, 1.54) is 12.8 Å². The van der Waals surface area contributed by atoms with Gasteiger partial charge in [-0.1, -0.05) is 0 Å². The molecule has 0 aromatic heterocycles. The summed E-state index contributed by atoms with van der Waals surface area (Å²) in [5, 5.41) is 13.3. The molecule has 2 amide bonds. The molecular weight excluding hydrogens is 300 g/mol. The standard InChI is InChI=1S/C16H28N2O3S/c1-3-21-13-10-12(19)16(13)6-8-18(9-7-16)14(20)17-11-15(22-2)4-5-15/h12-13,19H,3-11H2,1-2H3,(H,17,20)/t12-,13-/m1/s1. The van der Waals surface area contributed by atoms with Crippen LogP contribution >= 0.6 is 11.8 Å². The number of nitrogens with one attached hydrogen (secondary N) is 1. The average molecular weight is 328 g/mol. The van der Waals surface area contributed by atoms with Crippen LogP contribution in [0, 0.1) is 5.41 Å². The minimum Gasteiger partial charge on any atom is -0.392 e. The summed E-state index contributed by atoms with van der Waals surface area (Å²) in [6.45, 7) is 4.91. The molecule has 0 aromatic rings. The predicted octanol–water partition coefficient (Wildman–Crippen LogP) is 1.84. The molecule has 0 bridgehead atoms. The molecule has 0 unspecified atom stereocenters. The summed E-state index contributed by atoms with van der Waals surface area (Å²) in [6, 6.07) is 0.0527. The van der Waals surface area contributed by atoms with Gasteiger partial charge in [-0.25, -0.2) is 4.79 Å². The summed E-state index contributed by atoms with van der Waals surface area (Å²) in [7, 11) is 0. The molecule has 6 heteroatoms. The Kier molecular flexibility index (Phi) is 4.63. The van der Waals surface area contributed by atoms with Crippen LogP contribution in [-0.2, 0) is 4.74 Å². The largest absolute Gasteiger partial charge is 0.392 e. The van der Waals surface area contributed by atoms with Gasteiger partial charge in [0.05, 0.1) is 12.2 Å². The van der Waals surface area contributed by atoms with Gasteiger partial charge in [0, 0.05) is 42.8 Å². The Morgan fingerprint density at radius 2 is 2.05 bits per heavy atom. The molecule has 1 aliphatic heterocycles. The summed E-state index contributed by atoms with van der Waals surface area (Å²) < 4.78 is 6.07. The molecular formula is C16H28N2O3S. The third-order valence-corrected chi connectivity index (χ3v) is 7.31. The predicted molar refractivity (Wildman–Crippen MR) is 88.2 cm³/mol. The molecule has 0 radical (unpaired) electrons. The number of carbonyl (C=O) groups is 1. The number of carbonyl (C=O) groups excluding carboxylic acids is 1. The summed E-state index contributed by atoms with van der Waals surface area (Å²) >= 11 is 1.86. The van der Waals surface area contributed by atoms with Gasteiger partial charge in [0.25, 0.3) is 0 Å². The highest BCUT2D eigenvalue weighted by atomic mass is 32.2. The van der Waals surface area contributed by atoms with Crippen molar-refractivity contribution in [1.29, 1.82) is 0 Å². The van der Waals surface area contributed by atoms with Gasteiger partial charge in [0.1, 0.15) is 0 Å². The number of hydrogen-bond donors (Lipinski definition) is 2. The number of ether oxygens (including phenoxy) is 1. The van der Waals surface area contributed by atoms with Crippen LogP contribution in [0.4, 0.5) is 4.79 Å². The van der Waals surface area contributed by atoms with E-state index >= 15 is 0 Å². The third kappa shape index (κ3) is 2.85. The quantitative estimate of drug-likeness (QED) is 0.808. The second-order valence-electron chi connectivity index (χ2n) is 6.96. The molecule has 3 aliphatic rings. The Hall–Kier alpha value is -0.460. The van der Waals surface area contributed by atoms with Gasteiger partial charge in [0.15, 0.2) is 0 Å². The zero-order chi connectivity index (χ0) is 15.8. The third-order valence-electron chi connectivity index (χ3n) is 5.89. The van der Waals surface area contributed by atoms with Crippen LogP contribution in [-0.4, -0.2) is 65.5 Å². The highest BCUT2D eigenvalue weighted by Crippen LogP contribution is 2.51. The number of hydrogen-bond acceptors (Lipinski definition) is 4. The fourth-order valence-electron chi connectivity index (χ4n) is 3.88. The van der Waals surface area contributed by atoms with Gasteiger partial charge in [-0.05, 0) is 38.9 Å². The number of urea groups is 1. The molecule has 3 rings (SSSR count). The van der Waals surface area contributed by atoms with E-state index in [0.29, 0.717) is 11.4 Å². The van der Waals surface area contributed by atoms with Crippen molar-refractivity contribution in [3.8, 4) is 0 Å². The number of aliphatic hydroxyl groups is 1. The van der Waals surface area contributed by atoms with E-state index in [-0.39, 0.29) is 23.7 Å². The van der Waals surface area contributed by atoms with E-state index in [4.69, 9.17) is 4.74 Å². The topological polar surface area (TPSA) is 61.8 Å². The van der Waals surface area contributed by atoms with Crippen LogP contribution in [0.2, 0.25) is 0 Å². The molecule has 1 spiro atoms. The van der Waals surface area contributed by atoms with Gasteiger partial charge in [-0.15, -0.1) is 0 Å². The maximum absolute atomic E-state index is 12.3. The highest BCUT2D eigenvalue weighted by molar-refractivity contribution is 8.00.